The number of hydrogen-bond acceptors (Lipinski definition) is 3. The molecule has 0 spiro atoms. The van der Waals surface area contributed by atoms with E-state index in [0.717, 1.165) is 29.0 Å². The zero-order valence-electron chi connectivity index (χ0n) is 12.7. The summed E-state index contributed by atoms with van der Waals surface area (Å²) in [5.41, 5.74) is 2.39. The van der Waals surface area contributed by atoms with Gasteiger partial charge in [-0.25, -0.2) is 4.79 Å². The van der Waals surface area contributed by atoms with Crippen molar-refractivity contribution in [3.8, 4) is 11.4 Å². The first-order valence-electron chi connectivity index (χ1n) is 7.23. The SMILES string of the molecule is CN(C)CCOc1ccc(-n2c(=O)[nH]c3ccccc32)cc1. The van der Waals surface area contributed by atoms with Crippen molar-refractivity contribution in [2.45, 2.75) is 0 Å². The van der Waals surface area contributed by atoms with Gasteiger partial charge in [0, 0.05) is 6.54 Å². The number of fused-ring (bicyclic) bond motifs is 1. The van der Waals surface area contributed by atoms with Crippen LogP contribution in [0.25, 0.3) is 16.7 Å². The predicted molar refractivity (Wildman–Crippen MR) is 87.9 cm³/mol. The lowest BCUT2D eigenvalue weighted by atomic mass is 10.2. The Morgan fingerprint density at radius 2 is 1.82 bits per heavy atom. The van der Waals surface area contributed by atoms with Gasteiger partial charge >= 0.3 is 5.69 Å². The molecule has 1 heterocycles. The molecule has 0 aliphatic rings. The molecule has 3 rings (SSSR count). The number of nitrogens with one attached hydrogen (secondary N) is 1. The molecule has 0 amide bonds. The van der Waals surface area contributed by atoms with Gasteiger partial charge in [-0.15, -0.1) is 0 Å². The number of rotatable bonds is 5. The lowest BCUT2D eigenvalue weighted by Gasteiger charge is -2.11. The van der Waals surface area contributed by atoms with Crippen molar-refractivity contribution in [3.05, 3.63) is 59.0 Å². The second-order valence-electron chi connectivity index (χ2n) is 5.43. The van der Waals surface area contributed by atoms with Crippen LogP contribution in [0.2, 0.25) is 0 Å². The highest BCUT2D eigenvalue weighted by Gasteiger charge is 2.08. The van der Waals surface area contributed by atoms with E-state index in [9.17, 15) is 4.79 Å². The lowest BCUT2D eigenvalue weighted by molar-refractivity contribution is 0.261. The van der Waals surface area contributed by atoms with Crippen molar-refractivity contribution >= 4 is 11.0 Å². The average molecular weight is 297 g/mol. The van der Waals surface area contributed by atoms with Crippen LogP contribution in [0.3, 0.4) is 0 Å². The Morgan fingerprint density at radius 3 is 2.55 bits per heavy atom. The molecular formula is C17H19N3O2. The van der Waals surface area contributed by atoms with E-state index in [4.69, 9.17) is 4.74 Å². The fraction of sp³-hybridized carbons (Fsp3) is 0.235. The molecule has 0 radical (unpaired) electrons. The molecular weight excluding hydrogens is 278 g/mol. The van der Waals surface area contributed by atoms with Gasteiger partial charge in [-0.3, -0.25) is 4.57 Å². The molecule has 2 aromatic carbocycles. The van der Waals surface area contributed by atoms with Crippen LogP contribution in [0, 0.1) is 0 Å². The molecule has 5 nitrogen and oxygen atoms in total. The highest BCUT2D eigenvalue weighted by molar-refractivity contribution is 5.77. The molecule has 0 atom stereocenters. The Labute approximate surface area is 128 Å². The standard InChI is InChI=1S/C17H19N3O2/c1-19(2)11-12-22-14-9-7-13(8-10-14)20-16-6-4-3-5-15(16)18-17(20)21/h3-10H,11-12H2,1-2H3,(H,18,21). The number of para-hydroxylation sites is 2. The molecule has 0 aliphatic carbocycles. The molecule has 1 N–H and O–H groups in total. The van der Waals surface area contributed by atoms with Gasteiger partial charge in [-0.2, -0.15) is 0 Å². The molecule has 3 aromatic rings. The van der Waals surface area contributed by atoms with Crippen LogP contribution in [-0.4, -0.2) is 41.7 Å². The molecule has 0 unspecified atom stereocenters. The molecule has 22 heavy (non-hydrogen) atoms. The fourth-order valence-corrected chi connectivity index (χ4v) is 2.35. The molecule has 0 aliphatic heterocycles. The molecule has 0 saturated carbocycles. The maximum absolute atomic E-state index is 12.1. The molecule has 0 bridgehead atoms. The van der Waals surface area contributed by atoms with E-state index in [2.05, 4.69) is 9.88 Å². The molecule has 5 heteroatoms. The van der Waals surface area contributed by atoms with E-state index >= 15 is 0 Å². The summed E-state index contributed by atoms with van der Waals surface area (Å²) in [5, 5.41) is 0. The molecule has 114 valence electrons. The summed E-state index contributed by atoms with van der Waals surface area (Å²) in [5.74, 6) is 0.804. The van der Waals surface area contributed by atoms with Gasteiger partial charge in [0.15, 0.2) is 0 Å². The van der Waals surface area contributed by atoms with Gasteiger partial charge in [0.25, 0.3) is 0 Å². The third-order valence-corrected chi connectivity index (χ3v) is 3.49. The van der Waals surface area contributed by atoms with Crippen molar-refractivity contribution in [2.24, 2.45) is 0 Å². The van der Waals surface area contributed by atoms with Crippen LogP contribution < -0.4 is 10.4 Å². The zero-order valence-corrected chi connectivity index (χ0v) is 12.7. The fourth-order valence-electron chi connectivity index (χ4n) is 2.35. The number of likely N-dealkylation sites (N-methyl/N-ethyl adjacent to an activating group) is 1. The highest BCUT2D eigenvalue weighted by Crippen LogP contribution is 2.18. The van der Waals surface area contributed by atoms with E-state index in [0.29, 0.717) is 6.61 Å². The Kier molecular flexibility index (Phi) is 3.98. The smallest absolute Gasteiger partial charge is 0.331 e. The van der Waals surface area contributed by atoms with Crippen LogP contribution in [0.4, 0.5) is 0 Å². The maximum Gasteiger partial charge on any atom is 0.331 e. The summed E-state index contributed by atoms with van der Waals surface area (Å²) in [6.07, 6.45) is 0. The summed E-state index contributed by atoms with van der Waals surface area (Å²) in [7, 11) is 4.02. The summed E-state index contributed by atoms with van der Waals surface area (Å²) in [6.45, 7) is 1.50. The quantitative estimate of drug-likeness (QED) is 0.786. The minimum Gasteiger partial charge on any atom is -0.492 e. The zero-order chi connectivity index (χ0) is 15.5. The third-order valence-electron chi connectivity index (χ3n) is 3.49. The number of ether oxygens (including phenoxy) is 1. The topological polar surface area (TPSA) is 50.3 Å². The summed E-state index contributed by atoms with van der Waals surface area (Å²) < 4.78 is 7.34. The number of aromatic amines is 1. The van der Waals surface area contributed by atoms with E-state index in [1.54, 1.807) is 4.57 Å². The van der Waals surface area contributed by atoms with Crippen LogP contribution in [0.1, 0.15) is 0 Å². The number of nitrogens with zero attached hydrogens (tertiary/aromatic N) is 2. The highest BCUT2D eigenvalue weighted by atomic mass is 16.5. The van der Waals surface area contributed by atoms with Crippen LogP contribution >= 0.6 is 0 Å². The summed E-state index contributed by atoms with van der Waals surface area (Å²) in [6, 6.07) is 15.2. The third kappa shape index (κ3) is 2.89. The summed E-state index contributed by atoms with van der Waals surface area (Å²) >= 11 is 0. The number of imidazole rings is 1. The van der Waals surface area contributed by atoms with Crippen molar-refractivity contribution < 1.29 is 4.74 Å². The van der Waals surface area contributed by atoms with Gasteiger partial charge in [-0.05, 0) is 50.5 Å². The van der Waals surface area contributed by atoms with E-state index in [1.165, 1.54) is 0 Å². The largest absolute Gasteiger partial charge is 0.492 e. The Bertz CT molecular complexity index is 816. The monoisotopic (exact) mass is 297 g/mol. The van der Waals surface area contributed by atoms with Gasteiger partial charge in [0.1, 0.15) is 12.4 Å². The van der Waals surface area contributed by atoms with E-state index in [1.807, 2.05) is 62.6 Å². The van der Waals surface area contributed by atoms with Crippen molar-refractivity contribution in [1.29, 1.82) is 0 Å². The number of H-pyrrole nitrogens is 1. The molecule has 0 saturated heterocycles. The van der Waals surface area contributed by atoms with Crippen LogP contribution in [-0.2, 0) is 0 Å². The lowest BCUT2D eigenvalue weighted by Crippen LogP contribution is -2.19. The van der Waals surface area contributed by atoms with Gasteiger partial charge in [0.2, 0.25) is 0 Å². The van der Waals surface area contributed by atoms with Crippen LogP contribution in [0.15, 0.2) is 53.3 Å². The van der Waals surface area contributed by atoms with E-state index < -0.39 is 0 Å². The minimum atomic E-state index is -0.137. The summed E-state index contributed by atoms with van der Waals surface area (Å²) in [4.78, 5) is 17.1. The normalized spacial score (nSPS) is 11.2. The van der Waals surface area contributed by atoms with Crippen LogP contribution in [0.5, 0.6) is 5.75 Å². The minimum absolute atomic E-state index is 0.137. The average Bonchev–Trinajstić information content (AvgIpc) is 2.83. The maximum atomic E-state index is 12.1. The first kappa shape index (κ1) is 14.4. The predicted octanol–water partition coefficient (Wildman–Crippen LogP) is 2.26. The number of aromatic nitrogens is 2. The first-order valence-corrected chi connectivity index (χ1v) is 7.23. The Morgan fingerprint density at radius 1 is 1.09 bits per heavy atom. The van der Waals surface area contributed by atoms with E-state index in [-0.39, 0.29) is 5.69 Å². The Hall–Kier alpha value is -2.53. The van der Waals surface area contributed by atoms with Crippen molar-refractivity contribution in [3.63, 3.8) is 0 Å². The second-order valence-corrected chi connectivity index (χ2v) is 5.43. The van der Waals surface area contributed by atoms with Crippen molar-refractivity contribution in [2.75, 3.05) is 27.2 Å². The van der Waals surface area contributed by atoms with Gasteiger partial charge < -0.3 is 14.6 Å². The molecule has 1 aromatic heterocycles. The van der Waals surface area contributed by atoms with Gasteiger partial charge in [-0.1, -0.05) is 12.1 Å². The molecule has 0 fully saturated rings. The first-order chi connectivity index (χ1) is 10.6. The second kappa shape index (κ2) is 6.07. The number of hydrogen-bond donors (Lipinski definition) is 1. The van der Waals surface area contributed by atoms with Gasteiger partial charge in [0.05, 0.1) is 16.7 Å². The Balaban J connectivity index is 1.86. The number of benzene rings is 2. The van der Waals surface area contributed by atoms with Crippen molar-refractivity contribution in [1.82, 2.24) is 14.5 Å².